The molecule has 2 aliphatic heterocycles. The average molecular weight is 328 g/mol. The van der Waals surface area contributed by atoms with Gasteiger partial charge in [0.2, 0.25) is 12.7 Å². The van der Waals surface area contributed by atoms with E-state index in [9.17, 15) is 10.1 Å². The van der Waals surface area contributed by atoms with Crippen LogP contribution in [0, 0.1) is 11.3 Å². The molecule has 0 fully saturated rings. The number of nitrogens with one attached hydrogen (secondary N) is 1. The topological polar surface area (TPSA) is 71.3 Å². The molecule has 0 bridgehead atoms. The number of nitriles is 1. The van der Waals surface area contributed by atoms with Crippen molar-refractivity contribution in [2.45, 2.75) is 19.3 Å². The first-order valence-electron chi connectivity index (χ1n) is 7.19. The van der Waals surface area contributed by atoms with Crippen molar-refractivity contribution in [2.75, 3.05) is 12.5 Å². The van der Waals surface area contributed by atoms with Gasteiger partial charge in [-0.2, -0.15) is 5.26 Å². The van der Waals surface area contributed by atoms with Crippen LogP contribution in [-0.2, 0) is 4.79 Å². The number of carbonyl (C=O) groups is 1. The number of nitrogens with zero attached hydrogens (tertiary/aromatic N) is 1. The highest BCUT2D eigenvalue weighted by atomic mass is 32.2. The minimum absolute atomic E-state index is 0.0871. The quantitative estimate of drug-likeness (QED) is 0.860. The van der Waals surface area contributed by atoms with Gasteiger partial charge in [0, 0.05) is 18.1 Å². The van der Waals surface area contributed by atoms with Crippen LogP contribution < -0.4 is 14.8 Å². The molecule has 1 aromatic carbocycles. The van der Waals surface area contributed by atoms with E-state index in [-0.39, 0.29) is 25.0 Å². The first-order chi connectivity index (χ1) is 11.1. The third kappa shape index (κ3) is 3.20. The Bertz CT molecular complexity index is 749. The Morgan fingerprint density at radius 3 is 3.00 bits per heavy atom. The van der Waals surface area contributed by atoms with Crippen molar-refractivity contribution in [3.05, 3.63) is 46.5 Å². The van der Waals surface area contributed by atoms with Crippen molar-refractivity contribution in [3.63, 3.8) is 0 Å². The lowest BCUT2D eigenvalue weighted by Crippen LogP contribution is -2.31. The first-order valence-corrected chi connectivity index (χ1v) is 8.18. The zero-order valence-electron chi connectivity index (χ0n) is 12.7. The molecule has 2 heterocycles. The number of rotatable bonds is 4. The standard InChI is InChI=1S/C17H16N2O3S/c1-10(2)8-23-17-13(7-18)12(6-16(20)19-17)11-3-4-14-15(5-11)22-9-21-14/h3-5,12H,1,6,8-9H2,2H3,(H,19,20)/t12-/m1/s1. The molecule has 6 heteroatoms. The molecule has 0 spiro atoms. The molecule has 1 atom stereocenters. The van der Waals surface area contributed by atoms with Crippen molar-refractivity contribution in [2.24, 2.45) is 0 Å². The summed E-state index contributed by atoms with van der Waals surface area (Å²) in [5.74, 6) is 1.65. The van der Waals surface area contributed by atoms with Crippen molar-refractivity contribution < 1.29 is 14.3 Å². The van der Waals surface area contributed by atoms with Crippen LogP contribution in [-0.4, -0.2) is 18.5 Å². The summed E-state index contributed by atoms with van der Waals surface area (Å²) in [7, 11) is 0. The molecule has 0 unspecified atom stereocenters. The van der Waals surface area contributed by atoms with Gasteiger partial charge < -0.3 is 14.8 Å². The van der Waals surface area contributed by atoms with Gasteiger partial charge in [0.05, 0.1) is 16.7 Å². The molecular formula is C17H16N2O3S. The zero-order chi connectivity index (χ0) is 16.4. The summed E-state index contributed by atoms with van der Waals surface area (Å²) >= 11 is 1.44. The summed E-state index contributed by atoms with van der Waals surface area (Å²) in [5, 5.41) is 13.0. The van der Waals surface area contributed by atoms with Crippen LogP contribution in [0.2, 0.25) is 0 Å². The zero-order valence-corrected chi connectivity index (χ0v) is 13.5. The van der Waals surface area contributed by atoms with Gasteiger partial charge in [-0.05, 0) is 24.6 Å². The van der Waals surface area contributed by atoms with Gasteiger partial charge >= 0.3 is 0 Å². The SMILES string of the molecule is C=C(C)CSC1=C(C#N)[C@@H](c2ccc3c(c2)OCO3)CC(=O)N1. The smallest absolute Gasteiger partial charge is 0.231 e. The highest BCUT2D eigenvalue weighted by Crippen LogP contribution is 2.40. The summed E-state index contributed by atoms with van der Waals surface area (Å²) in [6, 6.07) is 7.81. The Labute approximate surface area is 139 Å². The Morgan fingerprint density at radius 1 is 1.48 bits per heavy atom. The van der Waals surface area contributed by atoms with Gasteiger partial charge in [0.15, 0.2) is 11.5 Å². The largest absolute Gasteiger partial charge is 0.454 e. The van der Waals surface area contributed by atoms with Gasteiger partial charge in [0.25, 0.3) is 0 Å². The number of benzene rings is 1. The second-order valence-electron chi connectivity index (χ2n) is 5.52. The highest BCUT2D eigenvalue weighted by molar-refractivity contribution is 8.03. The molecule has 118 valence electrons. The normalized spacial score (nSPS) is 19.3. The Hall–Kier alpha value is -2.39. The van der Waals surface area contributed by atoms with E-state index in [1.165, 1.54) is 11.8 Å². The van der Waals surface area contributed by atoms with E-state index in [1.54, 1.807) is 0 Å². The maximum Gasteiger partial charge on any atom is 0.231 e. The molecule has 2 aliphatic rings. The molecular weight excluding hydrogens is 312 g/mol. The molecule has 0 aliphatic carbocycles. The van der Waals surface area contributed by atoms with Gasteiger partial charge in [0.1, 0.15) is 0 Å². The maximum atomic E-state index is 12.1. The molecule has 1 aromatic rings. The van der Waals surface area contributed by atoms with E-state index >= 15 is 0 Å². The Kier molecular flexibility index (Phi) is 4.30. The second-order valence-corrected chi connectivity index (χ2v) is 6.50. The number of thioether (sulfide) groups is 1. The molecule has 1 amide bonds. The summed E-state index contributed by atoms with van der Waals surface area (Å²) in [4.78, 5) is 12.1. The van der Waals surface area contributed by atoms with Gasteiger partial charge in [-0.3, -0.25) is 4.79 Å². The number of carbonyl (C=O) groups excluding carboxylic acids is 1. The minimum Gasteiger partial charge on any atom is -0.454 e. The molecule has 0 aromatic heterocycles. The molecule has 1 N–H and O–H groups in total. The molecule has 23 heavy (non-hydrogen) atoms. The van der Waals surface area contributed by atoms with E-state index in [4.69, 9.17) is 9.47 Å². The predicted octanol–water partition coefficient (Wildman–Crippen LogP) is 3.06. The molecule has 3 rings (SSSR count). The summed E-state index contributed by atoms with van der Waals surface area (Å²) < 4.78 is 10.7. The molecule has 5 nitrogen and oxygen atoms in total. The van der Waals surface area contributed by atoms with Crippen LogP contribution >= 0.6 is 11.8 Å². The second kappa shape index (κ2) is 6.39. The Morgan fingerprint density at radius 2 is 2.26 bits per heavy atom. The maximum absolute atomic E-state index is 12.1. The average Bonchev–Trinajstić information content (AvgIpc) is 2.99. The van der Waals surface area contributed by atoms with Crippen LogP contribution in [0.15, 0.2) is 41.0 Å². The van der Waals surface area contributed by atoms with E-state index in [1.807, 2.05) is 25.1 Å². The third-order valence-corrected chi connectivity index (χ3v) is 4.87. The minimum atomic E-state index is -0.268. The number of fused-ring (bicyclic) bond motifs is 1. The van der Waals surface area contributed by atoms with Crippen LogP contribution in [0.4, 0.5) is 0 Å². The molecule has 0 saturated carbocycles. The lowest BCUT2D eigenvalue weighted by atomic mass is 9.87. The van der Waals surface area contributed by atoms with E-state index in [2.05, 4.69) is 18.0 Å². The number of amides is 1. The van der Waals surface area contributed by atoms with Crippen LogP contribution in [0.1, 0.15) is 24.8 Å². The van der Waals surface area contributed by atoms with Crippen LogP contribution in [0.25, 0.3) is 0 Å². The van der Waals surface area contributed by atoms with Gasteiger partial charge in [-0.15, -0.1) is 11.8 Å². The highest BCUT2D eigenvalue weighted by Gasteiger charge is 2.30. The predicted molar refractivity (Wildman–Crippen MR) is 88.0 cm³/mol. The number of ether oxygens (including phenoxy) is 2. The third-order valence-electron chi connectivity index (χ3n) is 3.62. The van der Waals surface area contributed by atoms with Crippen molar-refractivity contribution >= 4 is 17.7 Å². The number of allylic oxidation sites excluding steroid dienone is 1. The van der Waals surface area contributed by atoms with Gasteiger partial charge in [-0.25, -0.2) is 0 Å². The first kappa shape index (κ1) is 15.5. The lowest BCUT2D eigenvalue weighted by Gasteiger charge is -2.25. The van der Waals surface area contributed by atoms with Crippen LogP contribution in [0.3, 0.4) is 0 Å². The van der Waals surface area contributed by atoms with E-state index in [0.717, 1.165) is 11.1 Å². The van der Waals surface area contributed by atoms with E-state index in [0.29, 0.717) is 27.9 Å². The lowest BCUT2D eigenvalue weighted by molar-refractivity contribution is -0.120. The number of hydrogen-bond donors (Lipinski definition) is 1. The van der Waals surface area contributed by atoms with Crippen molar-refractivity contribution in [1.29, 1.82) is 5.26 Å². The fraction of sp³-hybridized carbons (Fsp3) is 0.294. The summed E-state index contributed by atoms with van der Waals surface area (Å²) in [6.45, 7) is 5.97. The summed E-state index contributed by atoms with van der Waals surface area (Å²) in [6.07, 6.45) is 0.250. The van der Waals surface area contributed by atoms with Gasteiger partial charge in [-0.1, -0.05) is 18.2 Å². The Balaban J connectivity index is 1.96. The molecule has 0 radical (unpaired) electrons. The van der Waals surface area contributed by atoms with Crippen molar-refractivity contribution in [1.82, 2.24) is 5.32 Å². The monoisotopic (exact) mass is 328 g/mol. The van der Waals surface area contributed by atoms with E-state index < -0.39 is 0 Å². The fourth-order valence-corrected chi connectivity index (χ4v) is 3.46. The summed E-state index contributed by atoms with van der Waals surface area (Å²) in [5.41, 5.74) is 2.45. The number of hydrogen-bond acceptors (Lipinski definition) is 5. The molecule has 0 saturated heterocycles. The fourth-order valence-electron chi connectivity index (χ4n) is 2.54. The van der Waals surface area contributed by atoms with Crippen molar-refractivity contribution in [3.8, 4) is 17.6 Å². The van der Waals surface area contributed by atoms with Crippen LogP contribution in [0.5, 0.6) is 11.5 Å².